The summed E-state index contributed by atoms with van der Waals surface area (Å²) in [5, 5.41) is 2.19. The van der Waals surface area contributed by atoms with Crippen LogP contribution in [0.5, 0.6) is 0 Å². The lowest BCUT2D eigenvalue weighted by Gasteiger charge is -2.24. The minimum Gasteiger partial charge on any atom is -0.302 e. The Bertz CT molecular complexity index is 385. The number of fused-ring (bicyclic) bond motifs is 1. The number of likely N-dealkylation sites (tertiary alicyclic amines) is 1. The van der Waals surface area contributed by atoms with Gasteiger partial charge in [-0.05, 0) is 50.6 Å². The van der Waals surface area contributed by atoms with Gasteiger partial charge >= 0.3 is 0 Å². The number of hydrogen-bond donors (Lipinski definition) is 2. The molecule has 2 N–H and O–H groups in total. The highest BCUT2D eigenvalue weighted by atomic mass is 15.7. The van der Waals surface area contributed by atoms with E-state index in [0.717, 1.165) is 6.67 Å². The number of nitrogens with one attached hydrogen (secondary N) is 2. The van der Waals surface area contributed by atoms with Crippen LogP contribution in [0, 0.1) is 6.92 Å². The van der Waals surface area contributed by atoms with Crippen molar-refractivity contribution >= 4 is 11.4 Å². The van der Waals surface area contributed by atoms with Crippen LogP contribution >= 0.6 is 0 Å². The molecule has 0 aliphatic carbocycles. The summed E-state index contributed by atoms with van der Waals surface area (Å²) in [6.45, 7) is 5.54. The second kappa shape index (κ2) is 3.96. The molecule has 1 fully saturated rings. The number of anilines is 2. The molecular formula is C12H18N4. The average molecular weight is 218 g/mol. The van der Waals surface area contributed by atoms with Gasteiger partial charge < -0.3 is 5.43 Å². The van der Waals surface area contributed by atoms with Gasteiger partial charge in [0.1, 0.15) is 0 Å². The van der Waals surface area contributed by atoms with Crippen LogP contribution in [-0.4, -0.2) is 24.7 Å². The van der Waals surface area contributed by atoms with Gasteiger partial charge in [0.05, 0.1) is 18.0 Å². The molecule has 2 aliphatic heterocycles. The maximum Gasteiger partial charge on any atom is 0.0882 e. The number of rotatable bonds is 2. The Labute approximate surface area is 96.2 Å². The van der Waals surface area contributed by atoms with Crippen molar-refractivity contribution < 1.29 is 0 Å². The third-order valence-electron chi connectivity index (χ3n) is 3.31. The van der Waals surface area contributed by atoms with Gasteiger partial charge in [0.15, 0.2) is 0 Å². The Balaban J connectivity index is 1.77. The van der Waals surface area contributed by atoms with Crippen molar-refractivity contribution in [2.45, 2.75) is 19.8 Å². The van der Waals surface area contributed by atoms with Crippen LogP contribution in [-0.2, 0) is 0 Å². The average Bonchev–Trinajstić information content (AvgIpc) is 2.90. The molecule has 2 heterocycles. The molecule has 0 bridgehead atoms. The van der Waals surface area contributed by atoms with Crippen LogP contribution in [0.3, 0.4) is 0 Å². The first-order valence-electron chi connectivity index (χ1n) is 5.95. The predicted octanol–water partition coefficient (Wildman–Crippen LogP) is 1.70. The van der Waals surface area contributed by atoms with E-state index in [1.54, 1.807) is 0 Å². The molecule has 0 aromatic heterocycles. The SMILES string of the molecule is Cc1ccc2c(c1)N(CN1CCCC1)NN2. The second-order valence-corrected chi connectivity index (χ2v) is 4.65. The fourth-order valence-electron chi connectivity index (χ4n) is 2.39. The summed E-state index contributed by atoms with van der Waals surface area (Å²) in [5.41, 5.74) is 10.1. The van der Waals surface area contributed by atoms with Gasteiger partial charge in [-0.2, -0.15) is 0 Å². The highest BCUT2D eigenvalue weighted by molar-refractivity contribution is 5.73. The first-order chi connectivity index (χ1) is 7.83. The predicted molar refractivity (Wildman–Crippen MR) is 66.1 cm³/mol. The second-order valence-electron chi connectivity index (χ2n) is 4.65. The molecule has 16 heavy (non-hydrogen) atoms. The Morgan fingerprint density at radius 2 is 2.06 bits per heavy atom. The van der Waals surface area contributed by atoms with Crippen LogP contribution in [0.2, 0.25) is 0 Å². The molecule has 4 heteroatoms. The molecule has 1 aromatic rings. The van der Waals surface area contributed by atoms with Crippen molar-refractivity contribution in [3.8, 4) is 0 Å². The zero-order chi connectivity index (χ0) is 11.0. The number of hydrazine groups is 2. The summed E-state index contributed by atoms with van der Waals surface area (Å²) >= 11 is 0. The van der Waals surface area contributed by atoms with Crippen molar-refractivity contribution in [3.63, 3.8) is 0 Å². The van der Waals surface area contributed by atoms with Gasteiger partial charge in [-0.1, -0.05) is 6.07 Å². The molecule has 0 spiro atoms. The fourth-order valence-corrected chi connectivity index (χ4v) is 2.39. The summed E-state index contributed by atoms with van der Waals surface area (Å²) in [6.07, 6.45) is 2.67. The van der Waals surface area contributed by atoms with E-state index in [4.69, 9.17) is 0 Å². The smallest absolute Gasteiger partial charge is 0.0882 e. The molecule has 0 unspecified atom stereocenters. The summed E-state index contributed by atoms with van der Waals surface area (Å²) in [5.74, 6) is 0. The van der Waals surface area contributed by atoms with E-state index in [1.165, 1.54) is 42.9 Å². The van der Waals surface area contributed by atoms with Crippen molar-refractivity contribution in [1.82, 2.24) is 10.4 Å². The van der Waals surface area contributed by atoms with Crippen LogP contribution in [0.25, 0.3) is 0 Å². The topological polar surface area (TPSA) is 30.5 Å². The van der Waals surface area contributed by atoms with Crippen LogP contribution in [0.4, 0.5) is 11.4 Å². The quantitative estimate of drug-likeness (QED) is 0.791. The van der Waals surface area contributed by atoms with Crippen molar-refractivity contribution in [2.24, 2.45) is 0 Å². The molecular weight excluding hydrogens is 200 g/mol. The number of hydrogen-bond acceptors (Lipinski definition) is 4. The van der Waals surface area contributed by atoms with Crippen molar-refractivity contribution in [3.05, 3.63) is 23.8 Å². The first kappa shape index (κ1) is 9.93. The van der Waals surface area contributed by atoms with Crippen LogP contribution < -0.4 is 16.0 Å². The molecule has 86 valence electrons. The Kier molecular flexibility index (Phi) is 2.46. The van der Waals surface area contributed by atoms with Crippen molar-refractivity contribution in [2.75, 3.05) is 30.2 Å². The maximum absolute atomic E-state index is 3.22. The number of benzene rings is 1. The normalized spacial score (nSPS) is 19.9. The lowest BCUT2D eigenvalue weighted by atomic mass is 10.2. The standard InChI is InChI=1S/C12H18N4/c1-10-4-5-11-12(8-10)16(14-13-11)9-15-6-2-3-7-15/h4-5,8,13-14H,2-3,6-7,9H2,1H3. The number of aryl methyl sites for hydroxylation is 1. The fraction of sp³-hybridized carbons (Fsp3) is 0.500. The lowest BCUT2D eigenvalue weighted by Crippen LogP contribution is -2.43. The van der Waals surface area contributed by atoms with E-state index in [1.807, 2.05) is 0 Å². The summed E-state index contributed by atoms with van der Waals surface area (Å²) in [7, 11) is 0. The Hall–Kier alpha value is -1.26. The van der Waals surface area contributed by atoms with E-state index in [-0.39, 0.29) is 0 Å². The third-order valence-corrected chi connectivity index (χ3v) is 3.31. The van der Waals surface area contributed by atoms with E-state index in [9.17, 15) is 0 Å². The lowest BCUT2D eigenvalue weighted by molar-refractivity contribution is 0.328. The van der Waals surface area contributed by atoms with Crippen LogP contribution in [0.15, 0.2) is 18.2 Å². The van der Waals surface area contributed by atoms with Gasteiger partial charge in [0.25, 0.3) is 0 Å². The summed E-state index contributed by atoms with van der Waals surface area (Å²) in [4.78, 5) is 2.48. The minimum atomic E-state index is 0.962. The highest BCUT2D eigenvalue weighted by Crippen LogP contribution is 2.30. The van der Waals surface area contributed by atoms with Crippen LogP contribution in [0.1, 0.15) is 18.4 Å². The van der Waals surface area contributed by atoms with Gasteiger partial charge in [0.2, 0.25) is 0 Å². The van der Waals surface area contributed by atoms with E-state index in [2.05, 4.69) is 46.0 Å². The molecule has 0 saturated carbocycles. The van der Waals surface area contributed by atoms with Gasteiger partial charge in [-0.25, -0.2) is 0 Å². The molecule has 4 nitrogen and oxygen atoms in total. The zero-order valence-corrected chi connectivity index (χ0v) is 9.66. The van der Waals surface area contributed by atoms with Gasteiger partial charge in [-0.15, -0.1) is 5.53 Å². The zero-order valence-electron chi connectivity index (χ0n) is 9.66. The molecule has 1 saturated heterocycles. The molecule has 0 amide bonds. The molecule has 3 rings (SSSR count). The minimum absolute atomic E-state index is 0.962. The van der Waals surface area contributed by atoms with Crippen molar-refractivity contribution in [1.29, 1.82) is 0 Å². The summed E-state index contributed by atoms with van der Waals surface area (Å²) in [6, 6.07) is 6.48. The van der Waals surface area contributed by atoms with E-state index < -0.39 is 0 Å². The molecule has 1 aromatic carbocycles. The maximum atomic E-state index is 3.22. The largest absolute Gasteiger partial charge is 0.302 e. The number of nitrogens with zero attached hydrogens (tertiary/aromatic N) is 2. The third kappa shape index (κ3) is 1.74. The molecule has 2 aliphatic rings. The monoisotopic (exact) mass is 218 g/mol. The first-order valence-corrected chi connectivity index (χ1v) is 5.95. The van der Waals surface area contributed by atoms with E-state index in [0.29, 0.717) is 0 Å². The Morgan fingerprint density at radius 3 is 2.88 bits per heavy atom. The molecule has 0 atom stereocenters. The van der Waals surface area contributed by atoms with E-state index >= 15 is 0 Å². The summed E-state index contributed by atoms with van der Waals surface area (Å²) < 4.78 is 0. The van der Waals surface area contributed by atoms with Gasteiger partial charge in [0, 0.05) is 0 Å². The highest BCUT2D eigenvalue weighted by Gasteiger charge is 2.21. The Morgan fingerprint density at radius 1 is 1.25 bits per heavy atom. The van der Waals surface area contributed by atoms with Gasteiger partial charge in [-0.3, -0.25) is 9.91 Å². The molecule has 0 radical (unpaired) electrons.